The first-order chi connectivity index (χ1) is 9.83. The first-order valence-corrected chi connectivity index (χ1v) is 7.27. The van der Waals surface area contributed by atoms with Crippen molar-refractivity contribution < 1.29 is 9.84 Å². The third kappa shape index (κ3) is 2.39. The minimum Gasteiger partial charge on any atom is -0.390 e. The minimum atomic E-state index is -0.0114. The minimum absolute atomic E-state index is 0.0114. The molecule has 3 rings (SSSR count). The van der Waals surface area contributed by atoms with Crippen molar-refractivity contribution in [2.45, 2.75) is 32.5 Å². The van der Waals surface area contributed by atoms with Crippen LogP contribution in [0.15, 0.2) is 24.4 Å². The van der Waals surface area contributed by atoms with Gasteiger partial charge < -0.3 is 14.7 Å². The summed E-state index contributed by atoms with van der Waals surface area (Å²) in [6.07, 6.45) is 4.47. The van der Waals surface area contributed by atoms with Crippen molar-refractivity contribution in [2.75, 3.05) is 24.6 Å². The summed E-state index contributed by atoms with van der Waals surface area (Å²) in [5, 5.41) is 9.69. The number of imidazole rings is 1. The maximum absolute atomic E-state index is 9.69. The fourth-order valence-electron chi connectivity index (χ4n) is 2.83. The molecule has 5 heteroatoms. The van der Waals surface area contributed by atoms with Gasteiger partial charge >= 0.3 is 0 Å². The van der Waals surface area contributed by atoms with Gasteiger partial charge in [-0.1, -0.05) is 6.07 Å². The number of aliphatic hydroxyl groups is 1. The Kier molecular flexibility index (Phi) is 3.89. The molecule has 0 amide bonds. The zero-order valence-corrected chi connectivity index (χ0v) is 11.8. The first-order valence-electron chi connectivity index (χ1n) is 7.27. The molecule has 3 heterocycles. The molecule has 2 aromatic rings. The van der Waals surface area contributed by atoms with Crippen molar-refractivity contribution in [1.29, 1.82) is 0 Å². The predicted octanol–water partition coefficient (Wildman–Crippen LogP) is 1.83. The number of nitrogens with zero attached hydrogens (tertiary/aromatic N) is 3. The van der Waals surface area contributed by atoms with E-state index in [-0.39, 0.29) is 12.7 Å². The molecule has 108 valence electrons. The summed E-state index contributed by atoms with van der Waals surface area (Å²) in [7, 11) is 0. The normalized spacial score (nSPS) is 18.8. The molecule has 0 bridgehead atoms. The molecule has 1 aliphatic rings. The lowest BCUT2D eigenvalue weighted by molar-refractivity contribution is 0.115. The summed E-state index contributed by atoms with van der Waals surface area (Å²) in [5.41, 5.74) is 1.72. The second kappa shape index (κ2) is 5.81. The van der Waals surface area contributed by atoms with Gasteiger partial charge in [0, 0.05) is 25.9 Å². The van der Waals surface area contributed by atoms with Crippen molar-refractivity contribution in [2.24, 2.45) is 0 Å². The Bertz CT molecular complexity index is 576. The van der Waals surface area contributed by atoms with E-state index >= 15 is 0 Å². The molecule has 1 N–H and O–H groups in total. The summed E-state index contributed by atoms with van der Waals surface area (Å²) < 4.78 is 7.67. The van der Waals surface area contributed by atoms with Crippen LogP contribution >= 0.6 is 0 Å². The molecule has 0 aliphatic carbocycles. The molecule has 5 nitrogen and oxygen atoms in total. The van der Waals surface area contributed by atoms with Crippen LogP contribution in [0.5, 0.6) is 0 Å². The molecule has 1 atom stereocenters. The van der Waals surface area contributed by atoms with Crippen LogP contribution in [-0.4, -0.2) is 40.3 Å². The van der Waals surface area contributed by atoms with Gasteiger partial charge in [-0.3, -0.25) is 4.40 Å². The number of rotatable bonds is 5. The van der Waals surface area contributed by atoms with Crippen LogP contribution in [0.4, 0.5) is 5.82 Å². The number of pyridine rings is 1. The zero-order valence-electron chi connectivity index (χ0n) is 11.8. The molecule has 0 aromatic carbocycles. The second-order valence-corrected chi connectivity index (χ2v) is 5.14. The summed E-state index contributed by atoms with van der Waals surface area (Å²) in [4.78, 5) is 6.87. The van der Waals surface area contributed by atoms with Gasteiger partial charge in [0.1, 0.15) is 5.65 Å². The SMILES string of the molecule is CCN(CC1CCCO1)c1nc2ccccn2c1CO. The van der Waals surface area contributed by atoms with Gasteiger partial charge in [0.25, 0.3) is 0 Å². The molecular weight excluding hydrogens is 254 g/mol. The molecule has 0 radical (unpaired) electrons. The van der Waals surface area contributed by atoms with Crippen LogP contribution in [0.1, 0.15) is 25.5 Å². The van der Waals surface area contributed by atoms with E-state index in [1.165, 1.54) is 0 Å². The fraction of sp³-hybridized carbons (Fsp3) is 0.533. The van der Waals surface area contributed by atoms with E-state index in [2.05, 4.69) is 16.8 Å². The van der Waals surface area contributed by atoms with E-state index in [4.69, 9.17) is 4.74 Å². The summed E-state index contributed by atoms with van der Waals surface area (Å²) >= 11 is 0. The largest absolute Gasteiger partial charge is 0.390 e. The fourth-order valence-corrected chi connectivity index (χ4v) is 2.83. The van der Waals surface area contributed by atoms with Gasteiger partial charge in [-0.15, -0.1) is 0 Å². The topological polar surface area (TPSA) is 50.0 Å². The van der Waals surface area contributed by atoms with Gasteiger partial charge in [-0.05, 0) is 31.9 Å². The van der Waals surface area contributed by atoms with Crippen molar-refractivity contribution in [3.05, 3.63) is 30.1 Å². The van der Waals surface area contributed by atoms with E-state index in [0.29, 0.717) is 0 Å². The Labute approximate surface area is 118 Å². The van der Waals surface area contributed by atoms with Gasteiger partial charge in [0.2, 0.25) is 0 Å². The van der Waals surface area contributed by atoms with Gasteiger partial charge in [0.15, 0.2) is 5.82 Å². The highest BCUT2D eigenvalue weighted by Gasteiger charge is 2.22. The predicted molar refractivity (Wildman–Crippen MR) is 78.0 cm³/mol. The van der Waals surface area contributed by atoms with E-state index in [9.17, 15) is 5.11 Å². The molecule has 1 aliphatic heterocycles. The van der Waals surface area contributed by atoms with E-state index in [1.807, 2.05) is 28.8 Å². The molecule has 1 unspecified atom stereocenters. The number of likely N-dealkylation sites (N-methyl/N-ethyl adjacent to an activating group) is 1. The monoisotopic (exact) mass is 275 g/mol. The van der Waals surface area contributed by atoms with E-state index in [1.54, 1.807) is 0 Å². The summed E-state index contributed by atoms with van der Waals surface area (Å²) in [5.74, 6) is 0.872. The molecule has 20 heavy (non-hydrogen) atoms. The van der Waals surface area contributed by atoms with Crippen LogP contribution in [0, 0.1) is 0 Å². The van der Waals surface area contributed by atoms with Crippen LogP contribution in [0.25, 0.3) is 5.65 Å². The van der Waals surface area contributed by atoms with Crippen LogP contribution in [0.3, 0.4) is 0 Å². The van der Waals surface area contributed by atoms with Crippen molar-refractivity contribution in [3.63, 3.8) is 0 Å². The highest BCUT2D eigenvalue weighted by Crippen LogP contribution is 2.24. The first kappa shape index (κ1) is 13.4. The lowest BCUT2D eigenvalue weighted by Crippen LogP contribution is -2.33. The Balaban J connectivity index is 1.93. The molecule has 0 saturated carbocycles. The number of aromatic nitrogens is 2. The maximum atomic E-state index is 9.69. The van der Waals surface area contributed by atoms with Crippen molar-refractivity contribution in [3.8, 4) is 0 Å². The van der Waals surface area contributed by atoms with Gasteiger partial charge in [0.05, 0.1) is 18.4 Å². The molecule has 1 saturated heterocycles. The highest BCUT2D eigenvalue weighted by atomic mass is 16.5. The number of ether oxygens (including phenoxy) is 1. The Morgan fingerprint density at radius 1 is 1.50 bits per heavy atom. The second-order valence-electron chi connectivity index (χ2n) is 5.14. The average Bonchev–Trinajstić information content (AvgIpc) is 3.11. The molecular formula is C15H21N3O2. The summed E-state index contributed by atoms with van der Waals surface area (Å²) in [6, 6.07) is 5.88. The molecule has 1 fully saturated rings. The lowest BCUT2D eigenvalue weighted by Gasteiger charge is -2.24. The lowest BCUT2D eigenvalue weighted by atomic mass is 10.2. The third-order valence-corrected chi connectivity index (χ3v) is 3.89. The van der Waals surface area contributed by atoms with Gasteiger partial charge in [-0.25, -0.2) is 4.98 Å². The van der Waals surface area contributed by atoms with Gasteiger partial charge in [-0.2, -0.15) is 0 Å². The summed E-state index contributed by atoms with van der Waals surface area (Å²) in [6.45, 7) is 4.66. The Hall–Kier alpha value is -1.59. The van der Waals surface area contributed by atoms with Crippen molar-refractivity contribution in [1.82, 2.24) is 9.38 Å². The number of hydrogen-bond acceptors (Lipinski definition) is 4. The smallest absolute Gasteiger partial charge is 0.153 e. The standard InChI is InChI=1S/C15H21N3O2/c1-2-17(10-12-6-5-9-20-12)15-13(11-19)18-8-4-3-7-14(18)16-15/h3-4,7-8,12,19H,2,5-6,9-11H2,1H3. The molecule has 2 aromatic heterocycles. The number of anilines is 1. The highest BCUT2D eigenvalue weighted by molar-refractivity contribution is 5.55. The quantitative estimate of drug-likeness (QED) is 0.904. The van der Waals surface area contributed by atoms with Crippen LogP contribution < -0.4 is 4.90 Å². The zero-order chi connectivity index (χ0) is 13.9. The van der Waals surface area contributed by atoms with E-state index in [0.717, 1.165) is 49.7 Å². The number of fused-ring (bicyclic) bond motifs is 1. The molecule has 0 spiro atoms. The Morgan fingerprint density at radius 2 is 2.40 bits per heavy atom. The average molecular weight is 275 g/mol. The van der Waals surface area contributed by atoms with E-state index < -0.39 is 0 Å². The Morgan fingerprint density at radius 3 is 3.10 bits per heavy atom. The van der Waals surface area contributed by atoms with Crippen LogP contribution in [-0.2, 0) is 11.3 Å². The maximum Gasteiger partial charge on any atom is 0.153 e. The number of hydrogen-bond donors (Lipinski definition) is 1. The van der Waals surface area contributed by atoms with Crippen molar-refractivity contribution >= 4 is 11.5 Å². The number of aliphatic hydroxyl groups excluding tert-OH is 1. The van der Waals surface area contributed by atoms with Crippen LogP contribution in [0.2, 0.25) is 0 Å². The third-order valence-electron chi connectivity index (χ3n) is 3.89.